The lowest BCUT2D eigenvalue weighted by Gasteiger charge is -2.28. The van der Waals surface area contributed by atoms with Gasteiger partial charge in [-0.2, -0.15) is 0 Å². The maximum atomic E-state index is 13.0. The minimum Gasteiger partial charge on any atom is -0.478 e. The first kappa shape index (κ1) is 18.1. The zero-order valence-electron chi connectivity index (χ0n) is 14.9. The smallest absolute Gasteiger partial charge is 0.268 e. The van der Waals surface area contributed by atoms with E-state index in [-0.39, 0.29) is 11.7 Å². The van der Waals surface area contributed by atoms with Crippen molar-refractivity contribution in [2.75, 3.05) is 36.5 Å². The number of ether oxygens (including phenoxy) is 2. The van der Waals surface area contributed by atoms with E-state index in [1.54, 1.807) is 20.0 Å². The fourth-order valence-corrected chi connectivity index (χ4v) is 2.56. The quantitative estimate of drug-likeness (QED) is 0.889. The molecule has 0 unspecified atom stereocenters. The van der Waals surface area contributed by atoms with Crippen molar-refractivity contribution in [1.82, 2.24) is 4.98 Å². The molecule has 1 aromatic carbocycles. The number of rotatable bonds is 5. The van der Waals surface area contributed by atoms with Crippen molar-refractivity contribution in [3.63, 3.8) is 0 Å². The average Bonchev–Trinajstić information content (AvgIpc) is 2.65. The number of carbonyl (C=O) groups is 1. The minimum atomic E-state index is -1.12. The molecule has 26 heavy (non-hydrogen) atoms. The Labute approximate surface area is 151 Å². The highest BCUT2D eigenvalue weighted by Gasteiger charge is 2.30. The summed E-state index contributed by atoms with van der Waals surface area (Å²) in [6.45, 7) is 6.29. The summed E-state index contributed by atoms with van der Waals surface area (Å²) in [6.07, 6.45) is 1.62. The Morgan fingerprint density at radius 1 is 1.19 bits per heavy atom. The molecular formula is C19H22FN3O3. The van der Waals surface area contributed by atoms with E-state index in [1.807, 2.05) is 12.1 Å². The Bertz CT molecular complexity index is 742. The second kappa shape index (κ2) is 7.70. The lowest BCUT2D eigenvalue weighted by atomic mass is 10.1. The third kappa shape index (κ3) is 4.49. The van der Waals surface area contributed by atoms with E-state index >= 15 is 0 Å². The minimum absolute atomic E-state index is 0.317. The van der Waals surface area contributed by atoms with Crippen LogP contribution in [0, 0.1) is 5.82 Å². The molecule has 0 spiro atoms. The van der Waals surface area contributed by atoms with E-state index in [1.165, 1.54) is 24.3 Å². The lowest BCUT2D eigenvalue weighted by molar-refractivity contribution is -0.128. The van der Waals surface area contributed by atoms with Crippen LogP contribution in [0.25, 0.3) is 0 Å². The number of halogens is 1. The summed E-state index contributed by atoms with van der Waals surface area (Å²) in [5.41, 5.74) is -0.538. The van der Waals surface area contributed by atoms with Gasteiger partial charge in [-0.15, -0.1) is 0 Å². The van der Waals surface area contributed by atoms with Crippen molar-refractivity contribution < 1.29 is 18.7 Å². The molecule has 1 aliphatic heterocycles. The molecule has 1 aliphatic rings. The van der Waals surface area contributed by atoms with Gasteiger partial charge < -0.3 is 19.7 Å². The van der Waals surface area contributed by atoms with Crippen molar-refractivity contribution in [2.24, 2.45) is 0 Å². The van der Waals surface area contributed by atoms with Crippen molar-refractivity contribution in [3.8, 4) is 5.75 Å². The molecule has 0 radical (unpaired) electrons. The van der Waals surface area contributed by atoms with Crippen LogP contribution in [0.1, 0.15) is 13.8 Å². The molecule has 0 atom stereocenters. The molecular weight excluding hydrogens is 337 g/mol. The van der Waals surface area contributed by atoms with Gasteiger partial charge in [-0.3, -0.25) is 4.79 Å². The van der Waals surface area contributed by atoms with Gasteiger partial charge in [-0.05, 0) is 50.2 Å². The average molecular weight is 359 g/mol. The molecule has 0 saturated carbocycles. The number of carbonyl (C=O) groups excluding carboxylic acids is 1. The Hall–Kier alpha value is -2.67. The number of hydrogen-bond acceptors (Lipinski definition) is 5. The topological polar surface area (TPSA) is 63.7 Å². The molecule has 138 valence electrons. The van der Waals surface area contributed by atoms with E-state index in [4.69, 9.17) is 9.47 Å². The van der Waals surface area contributed by atoms with Crippen LogP contribution in [0.3, 0.4) is 0 Å². The fourth-order valence-electron chi connectivity index (χ4n) is 2.56. The van der Waals surface area contributed by atoms with Gasteiger partial charge in [0.2, 0.25) is 0 Å². The van der Waals surface area contributed by atoms with Crippen LogP contribution in [0.5, 0.6) is 5.75 Å². The van der Waals surface area contributed by atoms with Gasteiger partial charge in [0.15, 0.2) is 5.60 Å². The molecule has 1 saturated heterocycles. The maximum absolute atomic E-state index is 13.0. The molecule has 3 rings (SSSR count). The first-order valence-electron chi connectivity index (χ1n) is 8.49. The van der Waals surface area contributed by atoms with E-state index in [0.717, 1.165) is 18.9 Å². The highest BCUT2D eigenvalue weighted by atomic mass is 19.1. The number of nitrogens with zero attached hydrogens (tertiary/aromatic N) is 2. The normalized spacial score (nSPS) is 14.8. The van der Waals surface area contributed by atoms with E-state index in [9.17, 15) is 9.18 Å². The van der Waals surface area contributed by atoms with Crippen molar-refractivity contribution in [1.29, 1.82) is 0 Å². The number of morpholine rings is 1. The van der Waals surface area contributed by atoms with Gasteiger partial charge in [-0.1, -0.05) is 0 Å². The SMILES string of the molecule is CC(C)(Oc1ccc(F)cc1)C(=O)Nc1ccc(N2CCOCC2)nc1. The molecule has 0 bridgehead atoms. The van der Waals surface area contributed by atoms with Crippen molar-refractivity contribution in [3.05, 3.63) is 48.4 Å². The van der Waals surface area contributed by atoms with Gasteiger partial charge in [0.05, 0.1) is 25.1 Å². The predicted octanol–water partition coefficient (Wildman–Crippen LogP) is 2.85. The number of benzene rings is 1. The Morgan fingerprint density at radius 2 is 1.88 bits per heavy atom. The van der Waals surface area contributed by atoms with Crippen LogP contribution < -0.4 is 15.0 Å². The summed E-state index contributed by atoms with van der Waals surface area (Å²) in [4.78, 5) is 19.1. The summed E-state index contributed by atoms with van der Waals surface area (Å²) < 4.78 is 24.0. The van der Waals surface area contributed by atoms with Crippen LogP contribution >= 0.6 is 0 Å². The highest BCUT2D eigenvalue weighted by Crippen LogP contribution is 2.21. The molecule has 1 aromatic heterocycles. The third-order valence-electron chi connectivity index (χ3n) is 4.07. The molecule has 1 fully saturated rings. The van der Waals surface area contributed by atoms with E-state index in [2.05, 4.69) is 15.2 Å². The summed E-state index contributed by atoms with van der Waals surface area (Å²) in [7, 11) is 0. The molecule has 1 N–H and O–H groups in total. The zero-order chi connectivity index (χ0) is 18.6. The van der Waals surface area contributed by atoms with E-state index < -0.39 is 5.60 Å². The van der Waals surface area contributed by atoms with Gasteiger partial charge in [-0.25, -0.2) is 9.37 Å². The van der Waals surface area contributed by atoms with Crippen molar-refractivity contribution in [2.45, 2.75) is 19.4 Å². The second-order valence-corrected chi connectivity index (χ2v) is 6.52. The first-order chi connectivity index (χ1) is 12.4. The number of anilines is 2. The summed E-state index contributed by atoms with van der Waals surface area (Å²) in [6, 6.07) is 9.24. The summed E-state index contributed by atoms with van der Waals surface area (Å²) in [5.74, 6) is 0.606. The fraction of sp³-hybridized carbons (Fsp3) is 0.368. The number of amides is 1. The van der Waals surface area contributed by atoms with Gasteiger partial charge in [0.25, 0.3) is 5.91 Å². The largest absolute Gasteiger partial charge is 0.478 e. The third-order valence-corrected chi connectivity index (χ3v) is 4.07. The number of pyridine rings is 1. The van der Waals surface area contributed by atoms with Crippen LogP contribution in [-0.4, -0.2) is 42.8 Å². The Balaban J connectivity index is 1.61. The van der Waals surface area contributed by atoms with Crippen molar-refractivity contribution >= 4 is 17.4 Å². The summed E-state index contributed by atoms with van der Waals surface area (Å²) in [5, 5.41) is 2.80. The van der Waals surface area contributed by atoms with Gasteiger partial charge >= 0.3 is 0 Å². The molecule has 7 heteroatoms. The van der Waals surface area contributed by atoms with Crippen LogP contribution in [0.2, 0.25) is 0 Å². The predicted molar refractivity (Wildman–Crippen MR) is 97.0 cm³/mol. The molecule has 1 amide bonds. The lowest BCUT2D eigenvalue weighted by Crippen LogP contribution is -2.42. The number of aromatic nitrogens is 1. The number of nitrogens with one attached hydrogen (secondary N) is 1. The molecule has 2 aromatic rings. The summed E-state index contributed by atoms with van der Waals surface area (Å²) >= 11 is 0. The molecule has 2 heterocycles. The molecule has 0 aliphatic carbocycles. The van der Waals surface area contributed by atoms with Crippen LogP contribution in [0.4, 0.5) is 15.9 Å². The number of hydrogen-bond donors (Lipinski definition) is 1. The van der Waals surface area contributed by atoms with Gasteiger partial charge in [0.1, 0.15) is 17.4 Å². The van der Waals surface area contributed by atoms with Crippen LogP contribution in [0.15, 0.2) is 42.6 Å². The van der Waals surface area contributed by atoms with Gasteiger partial charge in [0, 0.05) is 13.1 Å². The molecule has 6 nitrogen and oxygen atoms in total. The van der Waals surface area contributed by atoms with Crippen LogP contribution in [-0.2, 0) is 9.53 Å². The second-order valence-electron chi connectivity index (χ2n) is 6.52. The Kier molecular flexibility index (Phi) is 5.37. The maximum Gasteiger partial charge on any atom is 0.268 e. The van der Waals surface area contributed by atoms with E-state index in [0.29, 0.717) is 24.7 Å². The highest BCUT2D eigenvalue weighted by molar-refractivity contribution is 5.96. The monoisotopic (exact) mass is 359 g/mol. The first-order valence-corrected chi connectivity index (χ1v) is 8.49. The zero-order valence-corrected chi connectivity index (χ0v) is 14.9. The standard InChI is InChI=1S/C19H22FN3O3/c1-19(2,26-16-6-3-14(20)4-7-16)18(24)22-15-5-8-17(21-13-15)23-9-11-25-12-10-23/h3-8,13H,9-12H2,1-2H3,(H,22,24). The Morgan fingerprint density at radius 3 is 2.50 bits per heavy atom.